The van der Waals surface area contributed by atoms with Crippen LogP contribution in [0.25, 0.3) is 44.6 Å². The first-order valence-electron chi connectivity index (χ1n) is 10.0. The topological polar surface area (TPSA) is 52.8 Å². The van der Waals surface area contributed by atoms with E-state index in [4.69, 9.17) is 0 Å². The summed E-state index contributed by atoms with van der Waals surface area (Å²) in [6.45, 7) is 0. The number of benzene rings is 3. The molecular formula is C27H18N4Pt. The molecule has 0 fully saturated rings. The molecule has 5 heteroatoms. The fourth-order valence-electron chi connectivity index (χ4n) is 3.38. The van der Waals surface area contributed by atoms with E-state index in [1.54, 1.807) is 12.4 Å². The van der Waals surface area contributed by atoms with Crippen molar-refractivity contribution in [2.24, 2.45) is 0 Å². The Labute approximate surface area is 200 Å². The van der Waals surface area contributed by atoms with Crippen LogP contribution in [0.5, 0.6) is 0 Å². The van der Waals surface area contributed by atoms with Gasteiger partial charge in [0, 0.05) is 17.8 Å². The number of para-hydroxylation sites is 2. The average Bonchev–Trinajstić information content (AvgIpc) is 3.29. The van der Waals surface area contributed by atoms with E-state index < -0.39 is 0 Å². The predicted octanol–water partition coefficient (Wildman–Crippen LogP) is 5.95. The van der Waals surface area contributed by atoms with E-state index in [0.717, 1.165) is 38.8 Å². The summed E-state index contributed by atoms with van der Waals surface area (Å²) in [5.74, 6) is 0.693. The molecular weight excluding hydrogens is 575 g/mol. The monoisotopic (exact) mass is 593 g/mol. The Bertz CT molecular complexity index is 1350. The van der Waals surface area contributed by atoms with Gasteiger partial charge < -0.3 is 15.0 Å². The molecule has 0 unspecified atom stereocenters. The van der Waals surface area contributed by atoms with Gasteiger partial charge in [-0.2, -0.15) is 0 Å². The van der Waals surface area contributed by atoms with E-state index in [9.17, 15) is 0 Å². The summed E-state index contributed by atoms with van der Waals surface area (Å²) in [6.07, 6.45) is 3.59. The maximum Gasteiger partial charge on any atom is 2.00 e. The van der Waals surface area contributed by atoms with Crippen LogP contribution in [-0.2, 0) is 21.1 Å². The van der Waals surface area contributed by atoms with E-state index in [0.29, 0.717) is 5.82 Å². The number of hydrogen-bond donors (Lipinski definition) is 0. The minimum absolute atomic E-state index is 0. The summed E-state index contributed by atoms with van der Waals surface area (Å²) in [6, 6.07) is 34.9. The third kappa shape index (κ3) is 4.66. The van der Waals surface area contributed by atoms with Gasteiger partial charge in [-0.1, -0.05) is 60.7 Å². The van der Waals surface area contributed by atoms with Crippen molar-refractivity contribution in [2.75, 3.05) is 0 Å². The van der Waals surface area contributed by atoms with Crippen LogP contribution < -0.4 is 4.98 Å². The van der Waals surface area contributed by atoms with Gasteiger partial charge in [-0.3, -0.25) is 4.98 Å². The molecule has 4 nitrogen and oxygen atoms in total. The van der Waals surface area contributed by atoms with Gasteiger partial charge in [0.2, 0.25) is 0 Å². The smallest absolute Gasteiger partial charge is 0.434 e. The van der Waals surface area contributed by atoms with E-state index in [1.807, 2.05) is 84.9 Å². The second-order valence-corrected chi connectivity index (χ2v) is 6.91. The molecule has 0 aliphatic carbocycles. The minimum Gasteiger partial charge on any atom is -0.434 e. The Balaban J connectivity index is 0.000000164. The van der Waals surface area contributed by atoms with Gasteiger partial charge >= 0.3 is 21.1 Å². The van der Waals surface area contributed by atoms with Crippen LogP contribution in [-0.4, -0.2) is 15.0 Å². The second kappa shape index (κ2) is 10.1. The first-order valence-corrected chi connectivity index (χ1v) is 10.0. The van der Waals surface area contributed by atoms with E-state index >= 15 is 0 Å². The molecule has 6 rings (SSSR count). The van der Waals surface area contributed by atoms with Crippen molar-refractivity contribution in [1.29, 1.82) is 0 Å². The van der Waals surface area contributed by atoms with Crippen molar-refractivity contribution in [2.45, 2.75) is 0 Å². The van der Waals surface area contributed by atoms with Gasteiger partial charge in [0.25, 0.3) is 0 Å². The Morgan fingerprint density at radius 2 is 1.50 bits per heavy atom. The Morgan fingerprint density at radius 3 is 2.31 bits per heavy atom. The summed E-state index contributed by atoms with van der Waals surface area (Å²) in [5.41, 5.74) is 4.67. The van der Waals surface area contributed by atoms with Crippen LogP contribution in [0.2, 0.25) is 0 Å². The Hall–Kier alpha value is -3.62. The molecule has 3 aromatic carbocycles. The van der Waals surface area contributed by atoms with Gasteiger partial charge in [-0.25, -0.2) is 0 Å². The molecule has 0 aliphatic heterocycles. The summed E-state index contributed by atoms with van der Waals surface area (Å²) in [5, 5.41) is 2.24. The van der Waals surface area contributed by atoms with E-state index in [2.05, 4.69) is 38.1 Å². The Kier molecular flexibility index (Phi) is 6.84. The molecule has 0 amide bonds. The van der Waals surface area contributed by atoms with Crippen molar-refractivity contribution >= 4 is 21.8 Å². The number of fused-ring (bicyclic) bond motifs is 2. The SMILES string of the molecule is [Pt+2].[c-]1ccccc1-c1ccccn1.c1ccc2c(-c3nc4ccccc4[n-]3)nccc2c1. The minimum atomic E-state index is 0. The molecule has 0 bridgehead atoms. The zero-order valence-electron chi connectivity index (χ0n) is 17.0. The van der Waals surface area contributed by atoms with Crippen LogP contribution in [0, 0.1) is 6.07 Å². The van der Waals surface area contributed by atoms with E-state index in [-0.39, 0.29) is 21.1 Å². The van der Waals surface area contributed by atoms with Gasteiger partial charge in [0.1, 0.15) is 0 Å². The zero-order chi connectivity index (χ0) is 20.9. The maximum absolute atomic E-state index is 4.56. The summed E-state index contributed by atoms with van der Waals surface area (Å²) in [4.78, 5) is 17.8. The molecule has 0 atom stereocenters. The fourth-order valence-corrected chi connectivity index (χ4v) is 3.38. The van der Waals surface area contributed by atoms with Gasteiger partial charge in [0.15, 0.2) is 0 Å². The number of nitrogens with zero attached hydrogens (tertiary/aromatic N) is 4. The molecule has 0 saturated heterocycles. The largest absolute Gasteiger partial charge is 2.00 e. The van der Waals surface area contributed by atoms with Crippen LogP contribution in [0.4, 0.5) is 0 Å². The standard InChI is InChI=1S/C16H10N3.C11H8N.Pt/c1-2-6-12-11(5-1)9-10-17-15(12)16-18-13-7-3-4-8-14(13)19-16;1-2-6-10(7-3-1)11-8-4-5-9-12-11;/h1-10H;1-6,8-9H;/q2*-1;+2. The quantitative estimate of drug-likeness (QED) is 0.233. The maximum atomic E-state index is 4.56. The third-order valence-corrected chi connectivity index (χ3v) is 4.87. The number of rotatable bonds is 2. The number of hydrogen-bond acceptors (Lipinski definition) is 3. The summed E-state index contributed by atoms with van der Waals surface area (Å²) < 4.78 is 0. The summed E-state index contributed by atoms with van der Waals surface area (Å²) in [7, 11) is 0. The second-order valence-electron chi connectivity index (χ2n) is 6.91. The normalized spacial score (nSPS) is 10.2. The van der Waals surface area contributed by atoms with E-state index in [1.165, 1.54) is 0 Å². The van der Waals surface area contributed by atoms with Gasteiger partial charge in [0.05, 0.1) is 5.69 Å². The van der Waals surface area contributed by atoms with Crippen molar-refractivity contribution in [1.82, 2.24) is 19.9 Å². The predicted molar refractivity (Wildman–Crippen MR) is 124 cm³/mol. The van der Waals surface area contributed by atoms with Crippen molar-refractivity contribution < 1.29 is 21.1 Å². The van der Waals surface area contributed by atoms with Crippen LogP contribution in [0.15, 0.2) is 109 Å². The van der Waals surface area contributed by atoms with Crippen LogP contribution >= 0.6 is 0 Å². The number of aromatic nitrogens is 4. The molecule has 0 aliphatic rings. The molecule has 3 heterocycles. The first-order chi connectivity index (χ1) is 15.4. The third-order valence-electron chi connectivity index (χ3n) is 4.87. The zero-order valence-corrected chi connectivity index (χ0v) is 19.3. The van der Waals surface area contributed by atoms with Crippen LogP contribution in [0.1, 0.15) is 0 Å². The molecule has 0 radical (unpaired) electrons. The fraction of sp³-hybridized carbons (Fsp3) is 0. The Morgan fingerprint density at radius 1 is 0.688 bits per heavy atom. The van der Waals surface area contributed by atoms with Crippen molar-refractivity contribution in [3.05, 3.63) is 116 Å². The molecule has 32 heavy (non-hydrogen) atoms. The molecule has 0 spiro atoms. The van der Waals surface area contributed by atoms with Crippen molar-refractivity contribution in [3.63, 3.8) is 0 Å². The molecule has 3 aromatic heterocycles. The first kappa shape index (κ1) is 21.6. The molecule has 156 valence electrons. The summed E-state index contributed by atoms with van der Waals surface area (Å²) >= 11 is 0. The molecule has 0 saturated carbocycles. The number of imidazole rings is 1. The van der Waals surface area contributed by atoms with Crippen molar-refractivity contribution in [3.8, 4) is 22.8 Å². The van der Waals surface area contributed by atoms with Crippen LogP contribution in [0.3, 0.4) is 0 Å². The van der Waals surface area contributed by atoms with Gasteiger partial charge in [-0.15, -0.1) is 35.9 Å². The average molecular weight is 594 g/mol. The molecule has 0 N–H and O–H groups in total. The number of pyridine rings is 2. The van der Waals surface area contributed by atoms with Gasteiger partial charge in [-0.05, 0) is 40.1 Å². The molecule has 6 aromatic rings.